The number of rotatable bonds is 5. The maximum absolute atomic E-state index is 9.47. The SMILES string of the molecule is CNCC1(CN2CCOCC2CO)CCCCC1. The fraction of sp³-hybridized carbons (Fsp3) is 1.00. The third-order valence-corrected chi connectivity index (χ3v) is 4.56. The van der Waals surface area contributed by atoms with E-state index in [0.717, 1.165) is 26.2 Å². The quantitative estimate of drug-likeness (QED) is 0.765. The lowest BCUT2D eigenvalue weighted by Gasteiger charge is -2.44. The minimum absolute atomic E-state index is 0.203. The van der Waals surface area contributed by atoms with Gasteiger partial charge >= 0.3 is 0 Å². The first-order chi connectivity index (χ1) is 8.79. The van der Waals surface area contributed by atoms with Crippen LogP contribution < -0.4 is 5.32 Å². The first kappa shape index (κ1) is 14.3. The van der Waals surface area contributed by atoms with E-state index in [9.17, 15) is 5.11 Å². The van der Waals surface area contributed by atoms with E-state index in [0.29, 0.717) is 12.0 Å². The van der Waals surface area contributed by atoms with Crippen LogP contribution in [0.25, 0.3) is 0 Å². The van der Waals surface area contributed by atoms with Crippen LogP contribution in [-0.2, 0) is 4.74 Å². The van der Waals surface area contributed by atoms with Gasteiger partial charge in [-0.25, -0.2) is 0 Å². The van der Waals surface area contributed by atoms with Crippen molar-refractivity contribution in [2.45, 2.75) is 38.1 Å². The van der Waals surface area contributed by atoms with Gasteiger partial charge in [0.25, 0.3) is 0 Å². The van der Waals surface area contributed by atoms with Gasteiger partial charge in [-0.1, -0.05) is 19.3 Å². The zero-order valence-electron chi connectivity index (χ0n) is 11.7. The smallest absolute Gasteiger partial charge is 0.0644 e. The van der Waals surface area contributed by atoms with Crippen LogP contribution in [-0.4, -0.2) is 62.6 Å². The maximum atomic E-state index is 9.47. The second-order valence-corrected chi connectivity index (χ2v) is 5.97. The molecule has 0 aromatic heterocycles. The Morgan fingerprint density at radius 2 is 2.11 bits per heavy atom. The van der Waals surface area contributed by atoms with E-state index < -0.39 is 0 Å². The Kier molecular flexibility index (Phi) is 5.42. The standard InChI is InChI=1S/C14H28N2O2/c1-15-11-14(5-3-2-4-6-14)12-16-7-8-18-10-13(16)9-17/h13,15,17H,2-12H2,1H3. The van der Waals surface area contributed by atoms with E-state index in [-0.39, 0.29) is 12.6 Å². The van der Waals surface area contributed by atoms with Gasteiger partial charge in [-0.15, -0.1) is 0 Å². The number of aliphatic hydroxyl groups is 1. The van der Waals surface area contributed by atoms with Crippen molar-refractivity contribution in [3.63, 3.8) is 0 Å². The van der Waals surface area contributed by atoms with Crippen LogP contribution in [0.4, 0.5) is 0 Å². The molecule has 1 heterocycles. The maximum Gasteiger partial charge on any atom is 0.0644 e. The van der Waals surface area contributed by atoms with Gasteiger partial charge in [0.15, 0.2) is 0 Å². The van der Waals surface area contributed by atoms with Crippen LogP contribution >= 0.6 is 0 Å². The molecule has 1 saturated carbocycles. The van der Waals surface area contributed by atoms with E-state index in [1.54, 1.807) is 0 Å². The molecule has 1 unspecified atom stereocenters. The second-order valence-electron chi connectivity index (χ2n) is 5.97. The number of aliphatic hydroxyl groups excluding tert-OH is 1. The summed E-state index contributed by atoms with van der Waals surface area (Å²) in [6, 6.07) is 0.203. The summed E-state index contributed by atoms with van der Waals surface area (Å²) in [5, 5.41) is 12.8. The first-order valence-corrected chi connectivity index (χ1v) is 7.37. The van der Waals surface area contributed by atoms with Crippen LogP contribution in [0, 0.1) is 5.41 Å². The summed E-state index contributed by atoms with van der Waals surface area (Å²) < 4.78 is 5.47. The highest BCUT2D eigenvalue weighted by Gasteiger charge is 2.36. The zero-order chi connectivity index (χ0) is 12.8. The van der Waals surface area contributed by atoms with Gasteiger partial charge in [-0.3, -0.25) is 4.90 Å². The lowest BCUT2D eigenvalue weighted by molar-refractivity contribution is -0.0493. The molecular formula is C14H28N2O2. The lowest BCUT2D eigenvalue weighted by atomic mass is 9.73. The molecule has 2 N–H and O–H groups in total. The topological polar surface area (TPSA) is 44.7 Å². The molecule has 4 heteroatoms. The number of ether oxygens (including phenoxy) is 1. The van der Waals surface area contributed by atoms with Crippen LogP contribution in [0.3, 0.4) is 0 Å². The molecule has 0 radical (unpaired) electrons. The molecule has 4 nitrogen and oxygen atoms in total. The van der Waals surface area contributed by atoms with E-state index in [4.69, 9.17) is 4.74 Å². The summed E-state index contributed by atoms with van der Waals surface area (Å²) in [5.74, 6) is 0. The molecule has 1 atom stereocenters. The van der Waals surface area contributed by atoms with Gasteiger partial charge in [0.2, 0.25) is 0 Å². The Morgan fingerprint density at radius 1 is 1.33 bits per heavy atom. The van der Waals surface area contributed by atoms with Crippen LogP contribution in [0.1, 0.15) is 32.1 Å². The largest absolute Gasteiger partial charge is 0.395 e. The summed E-state index contributed by atoms with van der Waals surface area (Å²) >= 11 is 0. The van der Waals surface area contributed by atoms with E-state index >= 15 is 0 Å². The molecule has 0 amide bonds. The molecule has 0 bridgehead atoms. The third-order valence-electron chi connectivity index (χ3n) is 4.56. The third kappa shape index (κ3) is 3.44. The minimum Gasteiger partial charge on any atom is -0.395 e. The van der Waals surface area contributed by atoms with E-state index in [1.807, 2.05) is 0 Å². The fourth-order valence-corrected chi connectivity index (χ4v) is 3.56. The molecule has 1 aliphatic carbocycles. The van der Waals surface area contributed by atoms with Gasteiger partial charge in [0, 0.05) is 19.6 Å². The van der Waals surface area contributed by atoms with Crippen molar-refractivity contribution in [2.24, 2.45) is 5.41 Å². The van der Waals surface area contributed by atoms with Crippen molar-refractivity contribution < 1.29 is 9.84 Å². The highest BCUT2D eigenvalue weighted by molar-refractivity contribution is 4.90. The molecule has 106 valence electrons. The van der Waals surface area contributed by atoms with Crippen molar-refractivity contribution in [3.8, 4) is 0 Å². The molecular weight excluding hydrogens is 228 g/mol. The van der Waals surface area contributed by atoms with Crippen molar-refractivity contribution in [1.29, 1.82) is 0 Å². The Bertz CT molecular complexity index is 236. The fourth-order valence-electron chi connectivity index (χ4n) is 3.56. The van der Waals surface area contributed by atoms with Crippen LogP contribution in [0.2, 0.25) is 0 Å². The summed E-state index contributed by atoms with van der Waals surface area (Å²) in [4.78, 5) is 2.45. The molecule has 0 aromatic carbocycles. The molecule has 2 aliphatic rings. The molecule has 18 heavy (non-hydrogen) atoms. The predicted octanol–water partition coefficient (Wildman–Crippen LogP) is 0.849. The van der Waals surface area contributed by atoms with Gasteiger partial charge in [-0.2, -0.15) is 0 Å². The Hall–Kier alpha value is -0.160. The van der Waals surface area contributed by atoms with Crippen LogP contribution in [0.5, 0.6) is 0 Å². The zero-order valence-corrected chi connectivity index (χ0v) is 11.7. The molecule has 1 saturated heterocycles. The number of hydrogen-bond acceptors (Lipinski definition) is 4. The number of hydrogen-bond donors (Lipinski definition) is 2. The van der Waals surface area contributed by atoms with Crippen molar-refractivity contribution in [2.75, 3.05) is 46.5 Å². The van der Waals surface area contributed by atoms with Crippen molar-refractivity contribution in [3.05, 3.63) is 0 Å². The Balaban J connectivity index is 1.98. The summed E-state index contributed by atoms with van der Waals surface area (Å²) in [5.41, 5.74) is 0.414. The average molecular weight is 256 g/mol. The molecule has 1 aliphatic heterocycles. The van der Waals surface area contributed by atoms with Gasteiger partial charge < -0.3 is 15.2 Å². The second kappa shape index (κ2) is 6.85. The van der Waals surface area contributed by atoms with Crippen LogP contribution in [0.15, 0.2) is 0 Å². The highest BCUT2D eigenvalue weighted by atomic mass is 16.5. The predicted molar refractivity (Wildman–Crippen MR) is 72.7 cm³/mol. The lowest BCUT2D eigenvalue weighted by Crippen LogP contribution is -2.53. The minimum atomic E-state index is 0.203. The number of morpholine rings is 1. The van der Waals surface area contributed by atoms with E-state index in [1.165, 1.54) is 32.1 Å². The van der Waals surface area contributed by atoms with E-state index in [2.05, 4.69) is 17.3 Å². The summed E-state index contributed by atoms with van der Waals surface area (Å²) in [6.45, 7) is 4.90. The van der Waals surface area contributed by atoms with Gasteiger partial charge in [0.05, 0.1) is 25.9 Å². The molecule has 2 fully saturated rings. The molecule has 0 aromatic rings. The Morgan fingerprint density at radius 3 is 2.78 bits per heavy atom. The highest BCUT2D eigenvalue weighted by Crippen LogP contribution is 2.37. The Labute approximate surface area is 111 Å². The summed E-state index contributed by atoms with van der Waals surface area (Å²) in [7, 11) is 2.05. The molecule has 2 rings (SSSR count). The van der Waals surface area contributed by atoms with Crippen molar-refractivity contribution >= 4 is 0 Å². The first-order valence-electron chi connectivity index (χ1n) is 7.37. The average Bonchev–Trinajstić information content (AvgIpc) is 2.40. The van der Waals surface area contributed by atoms with Gasteiger partial charge in [0.1, 0.15) is 0 Å². The monoisotopic (exact) mass is 256 g/mol. The number of nitrogens with one attached hydrogen (secondary N) is 1. The van der Waals surface area contributed by atoms with Crippen molar-refractivity contribution in [1.82, 2.24) is 10.2 Å². The summed E-state index contributed by atoms with van der Waals surface area (Å²) in [6.07, 6.45) is 6.75. The number of nitrogens with zero attached hydrogens (tertiary/aromatic N) is 1. The van der Waals surface area contributed by atoms with Gasteiger partial charge in [-0.05, 0) is 25.3 Å². The molecule has 0 spiro atoms. The normalized spacial score (nSPS) is 29.3.